The molecule has 0 unspecified atom stereocenters. The van der Waals surface area contributed by atoms with Crippen molar-refractivity contribution in [3.8, 4) is 0 Å². The number of anilines is 1. The van der Waals surface area contributed by atoms with Gasteiger partial charge in [0.15, 0.2) is 0 Å². The smallest absolute Gasteiger partial charge is 0.229 e. The van der Waals surface area contributed by atoms with Crippen molar-refractivity contribution in [3.05, 3.63) is 29.3 Å². The first kappa shape index (κ1) is 11.0. The van der Waals surface area contributed by atoms with Crippen LogP contribution in [0.2, 0.25) is 0 Å². The number of sulfonamides is 1. The summed E-state index contributed by atoms with van der Waals surface area (Å²) >= 11 is 0. The van der Waals surface area contributed by atoms with E-state index in [0.717, 1.165) is 23.8 Å². The van der Waals surface area contributed by atoms with Crippen molar-refractivity contribution in [1.29, 1.82) is 0 Å². The molecule has 1 aromatic carbocycles. The van der Waals surface area contributed by atoms with E-state index in [1.807, 2.05) is 26.0 Å². The normalized spacial score (nSPS) is 11.4. The van der Waals surface area contributed by atoms with Crippen LogP contribution in [-0.4, -0.2) is 14.7 Å². The van der Waals surface area contributed by atoms with E-state index in [0.29, 0.717) is 5.69 Å². The largest absolute Gasteiger partial charge is 0.284 e. The van der Waals surface area contributed by atoms with E-state index < -0.39 is 10.0 Å². The quantitative estimate of drug-likeness (QED) is 0.834. The van der Waals surface area contributed by atoms with Gasteiger partial charge in [0.25, 0.3) is 0 Å². The second-order valence-corrected chi connectivity index (χ2v) is 5.14. The van der Waals surface area contributed by atoms with Crippen LogP contribution in [0.1, 0.15) is 18.1 Å². The predicted molar refractivity (Wildman–Crippen MR) is 59.0 cm³/mol. The summed E-state index contributed by atoms with van der Waals surface area (Å²) in [5, 5.41) is 0. The van der Waals surface area contributed by atoms with Crippen molar-refractivity contribution in [1.82, 2.24) is 0 Å². The number of hydrogen-bond acceptors (Lipinski definition) is 2. The summed E-state index contributed by atoms with van der Waals surface area (Å²) in [6.45, 7) is 3.99. The topological polar surface area (TPSA) is 46.2 Å². The molecule has 1 N–H and O–H groups in total. The SMILES string of the molecule is CCc1cc(C)ccc1NS(C)(=O)=O. The molecule has 1 rings (SSSR count). The molecule has 0 aliphatic rings. The number of benzene rings is 1. The second kappa shape index (κ2) is 4.00. The first-order chi connectivity index (χ1) is 6.42. The van der Waals surface area contributed by atoms with Gasteiger partial charge in [-0.25, -0.2) is 8.42 Å². The van der Waals surface area contributed by atoms with E-state index in [1.54, 1.807) is 6.07 Å². The van der Waals surface area contributed by atoms with Crippen LogP contribution in [-0.2, 0) is 16.4 Å². The minimum absolute atomic E-state index is 0.681. The molecular weight excluding hydrogens is 198 g/mol. The molecule has 1 aromatic rings. The highest BCUT2D eigenvalue weighted by Crippen LogP contribution is 2.18. The highest BCUT2D eigenvalue weighted by molar-refractivity contribution is 7.92. The van der Waals surface area contributed by atoms with Gasteiger partial charge >= 0.3 is 0 Å². The molecule has 0 spiro atoms. The van der Waals surface area contributed by atoms with Crippen LogP contribution in [0.3, 0.4) is 0 Å². The maximum Gasteiger partial charge on any atom is 0.229 e. The number of nitrogens with one attached hydrogen (secondary N) is 1. The predicted octanol–water partition coefficient (Wildman–Crippen LogP) is 1.93. The molecule has 0 heterocycles. The number of aryl methyl sites for hydroxylation is 2. The van der Waals surface area contributed by atoms with E-state index >= 15 is 0 Å². The molecule has 0 aromatic heterocycles. The van der Waals surface area contributed by atoms with Gasteiger partial charge in [-0.1, -0.05) is 24.6 Å². The Morgan fingerprint density at radius 2 is 2.00 bits per heavy atom. The van der Waals surface area contributed by atoms with E-state index in [9.17, 15) is 8.42 Å². The average molecular weight is 213 g/mol. The molecule has 0 radical (unpaired) electrons. The highest BCUT2D eigenvalue weighted by atomic mass is 32.2. The molecule has 0 saturated carbocycles. The Balaban J connectivity index is 3.09. The third kappa shape index (κ3) is 3.03. The molecule has 0 bridgehead atoms. The lowest BCUT2D eigenvalue weighted by Crippen LogP contribution is -2.11. The molecule has 4 heteroatoms. The summed E-state index contributed by atoms with van der Waals surface area (Å²) < 4.78 is 24.6. The Morgan fingerprint density at radius 1 is 1.36 bits per heavy atom. The molecular formula is C10H15NO2S. The van der Waals surface area contributed by atoms with E-state index in [-0.39, 0.29) is 0 Å². The van der Waals surface area contributed by atoms with Crippen molar-refractivity contribution < 1.29 is 8.42 Å². The minimum Gasteiger partial charge on any atom is -0.284 e. The summed E-state index contributed by atoms with van der Waals surface area (Å²) in [4.78, 5) is 0. The fraction of sp³-hybridized carbons (Fsp3) is 0.400. The fourth-order valence-corrected chi connectivity index (χ4v) is 1.91. The van der Waals surface area contributed by atoms with E-state index in [4.69, 9.17) is 0 Å². The van der Waals surface area contributed by atoms with Crippen LogP contribution in [0.5, 0.6) is 0 Å². The van der Waals surface area contributed by atoms with Gasteiger partial charge in [0, 0.05) is 0 Å². The monoisotopic (exact) mass is 213 g/mol. The van der Waals surface area contributed by atoms with E-state index in [1.165, 1.54) is 0 Å². The molecule has 0 amide bonds. The Hall–Kier alpha value is -1.03. The Kier molecular flexibility index (Phi) is 3.16. The Labute approximate surface area is 85.2 Å². The van der Waals surface area contributed by atoms with Crippen molar-refractivity contribution in [2.75, 3.05) is 11.0 Å². The van der Waals surface area contributed by atoms with Gasteiger partial charge in [0.05, 0.1) is 11.9 Å². The third-order valence-corrected chi connectivity index (χ3v) is 2.53. The van der Waals surface area contributed by atoms with Gasteiger partial charge in [-0.3, -0.25) is 4.72 Å². The molecule has 0 atom stereocenters. The molecule has 0 saturated heterocycles. The van der Waals surface area contributed by atoms with Crippen LogP contribution < -0.4 is 4.72 Å². The molecule has 0 fully saturated rings. The van der Waals surface area contributed by atoms with Crippen molar-refractivity contribution >= 4 is 15.7 Å². The van der Waals surface area contributed by atoms with Gasteiger partial charge in [0.2, 0.25) is 10.0 Å². The summed E-state index contributed by atoms with van der Waals surface area (Å²) in [5.41, 5.74) is 2.84. The zero-order valence-electron chi connectivity index (χ0n) is 8.66. The fourth-order valence-electron chi connectivity index (χ4n) is 1.31. The van der Waals surface area contributed by atoms with E-state index in [2.05, 4.69) is 4.72 Å². The van der Waals surface area contributed by atoms with Crippen LogP contribution in [0.15, 0.2) is 18.2 Å². The van der Waals surface area contributed by atoms with Gasteiger partial charge in [-0.15, -0.1) is 0 Å². The van der Waals surface area contributed by atoms with Crippen molar-refractivity contribution in [2.45, 2.75) is 20.3 Å². The molecule has 78 valence electrons. The standard InChI is InChI=1S/C10H15NO2S/c1-4-9-7-8(2)5-6-10(9)11-14(3,12)13/h5-7,11H,4H2,1-3H3. The number of hydrogen-bond donors (Lipinski definition) is 1. The first-order valence-electron chi connectivity index (χ1n) is 4.49. The lowest BCUT2D eigenvalue weighted by molar-refractivity contribution is 0.606. The maximum atomic E-state index is 11.0. The summed E-state index contributed by atoms with van der Waals surface area (Å²) in [6, 6.07) is 5.69. The average Bonchev–Trinajstić information content (AvgIpc) is 2.06. The Morgan fingerprint density at radius 3 is 2.50 bits per heavy atom. The summed E-state index contributed by atoms with van der Waals surface area (Å²) in [6.07, 6.45) is 1.98. The van der Waals surface area contributed by atoms with Crippen molar-refractivity contribution in [2.24, 2.45) is 0 Å². The van der Waals surface area contributed by atoms with Gasteiger partial charge in [-0.05, 0) is 25.0 Å². The highest BCUT2D eigenvalue weighted by Gasteiger charge is 2.05. The van der Waals surface area contributed by atoms with Gasteiger partial charge < -0.3 is 0 Å². The van der Waals surface area contributed by atoms with Crippen LogP contribution in [0.4, 0.5) is 5.69 Å². The third-order valence-electron chi connectivity index (χ3n) is 1.94. The van der Waals surface area contributed by atoms with Crippen molar-refractivity contribution in [3.63, 3.8) is 0 Å². The van der Waals surface area contributed by atoms with Crippen LogP contribution >= 0.6 is 0 Å². The Bertz CT molecular complexity index is 424. The maximum absolute atomic E-state index is 11.0. The molecule has 3 nitrogen and oxygen atoms in total. The van der Waals surface area contributed by atoms with Crippen LogP contribution in [0, 0.1) is 6.92 Å². The summed E-state index contributed by atoms with van der Waals surface area (Å²) in [5.74, 6) is 0. The minimum atomic E-state index is -3.17. The molecule has 14 heavy (non-hydrogen) atoms. The molecule has 0 aliphatic heterocycles. The first-order valence-corrected chi connectivity index (χ1v) is 6.39. The zero-order chi connectivity index (χ0) is 10.8. The van der Waals surface area contributed by atoms with Gasteiger partial charge in [-0.2, -0.15) is 0 Å². The lowest BCUT2D eigenvalue weighted by atomic mass is 10.1. The second-order valence-electron chi connectivity index (χ2n) is 3.39. The number of rotatable bonds is 3. The summed E-state index contributed by atoms with van der Waals surface area (Å²) in [7, 11) is -3.17. The molecule has 0 aliphatic carbocycles. The zero-order valence-corrected chi connectivity index (χ0v) is 9.48. The van der Waals surface area contributed by atoms with Gasteiger partial charge in [0.1, 0.15) is 0 Å². The lowest BCUT2D eigenvalue weighted by Gasteiger charge is -2.09. The van der Waals surface area contributed by atoms with Crippen LogP contribution in [0.25, 0.3) is 0 Å².